The minimum atomic E-state index is -2.97. The van der Waals surface area contributed by atoms with E-state index in [-0.39, 0.29) is 11.8 Å². The van der Waals surface area contributed by atoms with E-state index in [1.165, 1.54) is 6.26 Å². The van der Waals surface area contributed by atoms with Gasteiger partial charge in [-0.05, 0) is 6.92 Å². The molecule has 1 atom stereocenters. The number of halogens is 1. The molecule has 4 nitrogen and oxygen atoms in total. The molecule has 1 rings (SSSR count). The first-order valence-corrected chi connectivity index (χ1v) is 6.78. The van der Waals surface area contributed by atoms with Gasteiger partial charge in [-0.25, -0.2) is 13.4 Å². The molecule has 0 amide bonds. The quantitative estimate of drug-likeness (QED) is 0.739. The summed E-state index contributed by atoms with van der Waals surface area (Å²) in [7, 11) is -2.97. The summed E-state index contributed by atoms with van der Waals surface area (Å²) in [6, 6.07) is -0.124. The Balaban J connectivity index is 2.84. The topological polar surface area (TPSA) is 52.0 Å². The van der Waals surface area contributed by atoms with Crippen LogP contribution in [0.4, 0.5) is 0 Å². The van der Waals surface area contributed by atoms with Gasteiger partial charge in [-0.3, -0.25) is 0 Å². The zero-order valence-electron chi connectivity index (χ0n) is 8.14. The van der Waals surface area contributed by atoms with Gasteiger partial charge >= 0.3 is 0 Å². The van der Waals surface area contributed by atoms with E-state index in [2.05, 4.69) is 4.98 Å². The minimum Gasteiger partial charge on any atom is -0.330 e. The molecule has 1 heterocycles. The van der Waals surface area contributed by atoms with Gasteiger partial charge in [0.1, 0.15) is 9.84 Å². The van der Waals surface area contributed by atoms with Crippen LogP contribution in [0.5, 0.6) is 0 Å². The van der Waals surface area contributed by atoms with Crippen molar-refractivity contribution in [2.24, 2.45) is 0 Å². The van der Waals surface area contributed by atoms with Gasteiger partial charge < -0.3 is 4.57 Å². The average molecular weight is 237 g/mol. The molecule has 0 aromatic carbocycles. The average Bonchev–Trinajstić information content (AvgIpc) is 2.47. The van der Waals surface area contributed by atoms with Crippen molar-refractivity contribution in [3.63, 3.8) is 0 Å². The van der Waals surface area contributed by atoms with Crippen LogP contribution < -0.4 is 0 Å². The third-order valence-electron chi connectivity index (χ3n) is 1.90. The fraction of sp³-hybridized carbons (Fsp3) is 0.625. The van der Waals surface area contributed by atoms with Crippen molar-refractivity contribution in [2.45, 2.75) is 18.8 Å². The molecule has 14 heavy (non-hydrogen) atoms. The second-order valence-corrected chi connectivity index (χ2v) is 5.82. The molecule has 0 aliphatic rings. The van der Waals surface area contributed by atoms with Crippen molar-refractivity contribution in [1.29, 1.82) is 0 Å². The number of nitrogens with zero attached hydrogens (tertiary/aromatic N) is 2. The van der Waals surface area contributed by atoms with Gasteiger partial charge in [0.05, 0.1) is 23.7 Å². The molecule has 1 unspecified atom stereocenters. The lowest BCUT2D eigenvalue weighted by atomic mass is 10.3. The Labute approximate surface area is 88.8 Å². The lowest BCUT2D eigenvalue weighted by Crippen LogP contribution is -2.17. The fourth-order valence-electron chi connectivity index (χ4n) is 1.35. The van der Waals surface area contributed by atoms with Crippen LogP contribution in [0.25, 0.3) is 0 Å². The molecule has 0 N–H and O–H groups in total. The first kappa shape index (κ1) is 11.5. The van der Waals surface area contributed by atoms with Crippen molar-refractivity contribution in [2.75, 3.05) is 12.0 Å². The molecule has 0 radical (unpaired) electrons. The SMILES string of the molecule is CC(CS(C)(=O)=O)n1cncc1CCl. The van der Waals surface area contributed by atoms with E-state index in [0.29, 0.717) is 5.88 Å². The Kier molecular flexibility index (Phi) is 3.55. The molecule has 1 aromatic heterocycles. The Hall–Kier alpha value is -0.550. The second-order valence-electron chi connectivity index (χ2n) is 3.37. The molecule has 0 spiro atoms. The van der Waals surface area contributed by atoms with Crippen molar-refractivity contribution in [1.82, 2.24) is 9.55 Å². The van der Waals surface area contributed by atoms with Crippen LogP contribution in [0, 0.1) is 0 Å². The van der Waals surface area contributed by atoms with E-state index in [0.717, 1.165) is 5.69 Å². The largest absolute Gasteiger partial charge is 0.330 e. The number of aromatic nitrogens is 2. The summed E-state index contributed by atoms with van der Waals surface area (Å²) < 4.78 is 23.9. The number of rotatable bonds is 4. The Morgan fingerprint density at radius 2 is 2.29 bits per heavy atom. The molecule has 0 saturated heterocycles. The van der Waals surface area contributed by atoms with Crippen LogP contribution in [0.1, 0.15) is 18.7 Å². The van der Waals surface area contributed by atoms with E-state index in [1.54, 1.807) is 17.1 Å². The van der Waals surface area contributed by atoms with E-state index in [4.69, 9.17) is 11.6 Å². The first-order valence-electron chi connectivity index (χ1n) is 4.18. The summed E-state index contributed by atoms with van der Waals surface area (Å²) in [6.45, 7) is 1.83. The number of imidazole rings is 1. The van der Waals surface area contributed by atoms with Gasteiger partial charge in [0, 0.05) is 18.5 Å². The normalized spacial score (nSPS) is 14.2. The van der Waals surface area contributed by atoms with Crippen LogP contribution in [-0.2, 0) is 15.7 Å². The Morgan fingerprint density at radius 1 is 1.64 bits per heavy atom. The predicted octanol–water partition coefficient (Wildman–Crippen LogP) is 1.23. The van der Waals surface area contributed by atoms with Crippen LogP contribution in [0.3, 0.4) is 0 Å². The third kappa shape index (κ3) is 2.99. The van der Waals surface area contributed by atoms with E-state index in [9.17, 15) is 8.42 Å². The highest BCUT2D eigenvalue weighted by molar-refractivity contribution is 7.90. The molecule has 0 saturated carbocycles. The lowest BCUT2D eigenvalue weighted by molar-refractivity contribution is 0.553. The van der Waals surface area contributed by atoms with Gasteiger partial charge in [0.2, 0.25) is 0 Å². The summed E-state index contributed by atoms with van der Waals surface area (Å²) in [5.41, 5.74) is 0.836. The summed E-state index contributed by atoms with van der Waals surface area (Å²) in [5, 5.41) is 0. The number of alkyl halides is 1. The number of sulfone groups is 1. The van der Waals surface area contributed by atoms with E-state index >= 15 is 0 Å². The van der Waals surface area contributed by atoms with Crippen molar-refractivity contribution < 1.29 is 8.42 Å². The molecule has 80 valence electrons. The monoisotopic (exact) mass is 236 g/mol. The van der Waals surface area contributed by atoms with Gasteiger partial charge in [-0.2, -0.15) is 0 Å². The smallest absolute Gasteiger partial charge is 0.149 e. The molecule has 0 aliphatic heterocycles. The summed E-state index contributed by atoms with van der Waals surface area (Å²) in [5.74, 6) is 0.446. The van der Waals surface area contributed by atoms with Crippen molar-refractivity contribution in [3.05, 3.63) is 18.2 Å². The van der Waals surface area contributed by atoms with Gasteiger partial charge in [0.25, 0.3) is 0 Å². The summed E-state index contributed by atoms with van der Waals surface area (Å²) in [6.07, 6.45) is 4.47. The lowest BCUT2D eigenvalue weighted by Gasteiger charge is -2.14. The highest BCUT2D eigenvalue weighted by Gasteiger charge is 2.14. The van der Waals surface area contributed by atoms with E-state index < -0.39 is 9.84 Å². The van der Waals surface area contributed by atoms with Gasteiger partial charge in [-0.15, -0.1) is 11.6 Å². The zero-order chi connectivity index (χ0) is 10.8. The maximum atomic E-state index is 11.1. The Morgan fingerprint density at radius 3 is 2.79 bits per heavy atom. The zero-order valence-corrected chi connectivity index (χ0v) is 9.72. The molecule has 0 aliphatic carbocycles. The molecular weight excluding hydrogens is 224 g/mol. The number of hydrogen-bond acceptors (Lipinski definition) is 3. The molecule has 0 bridgehead atoms. The van der Waals surface area contributed by atoms with E-state index in [1.807, 2.05) is 6.92 Å². The maximum absolute atomic E-state index is 11.1. The summed E-state index contributed by atoms with van der Waals surface area (Å²) >= 11 is 5.68. The standard InChI is InChI=1S/C8H13ClN2O2S/c1-7(5-14(2,12)13)11-6-10-4-8(11)3-9/h4,6-7H,3,5H2,1-2H3. The summed E-state index contributed by atoms with van der Waals surface area (Å²) in [4.78, 5) is 3.93. The molecule has 1 aromatic rings. The van der Waals surface area contributed by atoms with Crippen molar-refractivity contribution >= 4 is 21.4 Å². The number of hydrogen-bond donors (Lipinski definition) is 0. The second kappa shape index (κ2) is 4.31. The molecule has 6 heteroatoms. The highest BCUT2D eigenvalue weighted by atomic mass is 35.5. The first-order chi connectivity index (χ1) is 6.44. The highest BCUT2D eigenvalue weighted by Crippen LogP contribution is 2.13. The van der Waals surface area contributed by atoms with Crippen LogP contribution in [-0.4, -0.2) is 30.0 Å². The molecule has 0 fully saturated rings. The Bertz CT molecular complexity index is 399. The van der Waals surface area contributed by atoms with Crippen LogP contribution in [0.2, 0.25) is 0 Å². The fourth-order valence-corrected chi connectivity index (χ4v) is 2.59. The predicted molar refractivity (Wildman–Crippen MR) is 56.2 cm³/mol. The van der Waals surface area contributed by atoms with Crippen molar-refractivity contribution in [3.8, 4) is 0 Å². The van der Waals surface area contributed by atoms with Crippen LogP contribution >= 0.6 is 11.6 Å². The van der Waals surface area contributed by atoms with Gasteiger partial charge in [0.15, 0.2) is 0 Å². The molecular formula is C8H13ClN2O2S. The minimum absolute atomic E-state index is 0.104. The maximum Gasteiger partial charge on any atom is 0.149 e. The third-order valence-corrected chi connectivity index (χ3v) is 3.26. The van der Waals surface area contributed by atoms with Gasteiger partial charge in [-0.1, -0.05) is 0 Å². The van der Waals surface area contributed by atoms with Crippen LogP contribution in [0.15, 0.2) is 12.5 Å².